The van der Waals surface area contributed by atoms with Crippen LogP contribution in [0.25, 0.3) is 11.3 Å². The number of hydrogen-bond donors (Lipinski definition) is 0. The van der Waals surface area contributed by atoms with Gasteiger partial charge in [-0.3, -0.25) is 4.79 Å². The number of aryl methyl sites for hydroxylation is 1. The van der Waals surface area contributed by atoms with Crippen LogP contribution >= 0.6 is 0 Å². The maximum atomic E-state index is 13.4. The second-order valence-electron chi connectivity index (χ2n) is 7.94. The second kappa shape index (κ2) is 7.68. The number of hydrogen-bond acceptors (Lipinski definition) is 3. The van der Waals surface area contributed by atoms with Crippen LogP contribution in [0.5, 0.6) is 0 Å². The van der Waals surface area contributed by atoms with Crippen LogP contribution in [0, 0.1) is 0 Å². The lowest BCUT2D eigenvalue weighted by Crippen LogP contribution is -2.48. The van der Waals surface area contributed by atoms with Gasteiger partial charge in [0.05, 0.1) is 0 Å². The molecule has 5 heteroatoms. The average Bonchev–Trinajstić information content (AvgIpc) is 3.33. The Bertz CT molecular complexity index is 718. The fourth-order valence-corrected chi connectivity index (χ4v) is 4.64. The second-order valence-corrected chi connectivity index (χ2v) is 7.94. The van der Waals surface area contributed by atoms with Crippen LogP contribution in [0.15, 0.2) is 29.0 Å². The van der Waals surface area contributed by atoms with E-state index in [0.29, 0.717) is 23.5 Å². The summed E-state index contributed by atoms with van der Waals surface area (Å²) in [5.41, 5.74) is 1.42. The molecule has 2 aliphatic carbocycles. The van der Waals surface area contributed by atoms with Gasteiger partial charge >= 0.3 is 0 Å². The molecule has 4 rings (SSSR count). The highest BCUT2D eigenvalue weighted by atomic mass is 16.5. The summed E-state index contributed by atoms with van der Waals surface area (Å²) in [7, 11) is 1.97. The standard InChI is InChI=1S/C21H29N3O2/c1-23-13-12-16(15-23)20-14-19(22-26-20)21(25)24(17-8-4-2-5-9-17)18-10-6-3-7-11-18/h12-15,17-18H,2-11H2,1H3. The van der Waals surface area contributed by atoms with E-state index >= 15 is 0 Å². The smallest absolute Gasteiger partial charge is 0.276 e. The molecule has 0 bridgehead atoms. The number of nitrogens with zero attached hydrogens (tertiary/aromatic N) is 3. The molecule has 0 aromatic carbocycles. The predicted octanol–water partition coefficient (Wildman–Crippen LogP) is 4.79. The van der Waals surface area contributed by atoms with Crippen LogP contribution in [0.1, 0.15) is 74.7 Å². The summed E-state index contributed by atoms with van der Waals surface area (Å²) in [4.78, 5) is 15.6. The first-order valence-corrected chi connectivity index (χ1v) is 10.1. The van der Waals surface area contributed by atoms with Gasteiger partial charge in [0.25, 0.3) is 5.91 Å². The fourth-order valence-electron chi connectivity index (χ4n) is 4.64. The molecule has 2 aliphatic rings. The third kappa shape index (κ3) is 3.57. The first-order valence-electron chi connectivity index (χ1n) is 10.1. The Morgan fingerprint density at radius 1 is 1.08 bits per heavy atom. The van der Waals surface area contributed by atoms with E-state index in [1.54, 1.807) is 0 Å². The topological polar surface area (TPSA) is 51.3 Å². The minimum absolute atomic E-state index is 0.0646. The lowest BCUT2D eigenvalue weighted by molar-refractivity contribution is 0.0438. The molecule has 0 saturated heterocycles. The van der Waals surface area contributed by atoms with Crippen LogP contribution in [0.2, 0.25) is 0 Å². The Kier molecular flexibility index (Phi) is 5.14. The number of aromatic nitrogens is 2. The maximum Gasteiger partial charge on any atom is 0.276 e. The molecule has 140 valence electrons. The van der Waals surface area contributed by atoms with Crippen molar-refractivity contribution in [2.45, 2.75) is 76.3 Å². The van der Waals surface area contributed by atoms with E-state index in [1.165, 1.54) is 38.5 Å². The van der Waals surface area contributed by atoms with Crippen LogP contribution in [0.4, 0.5) is 0 Å². The summed E-state index contributed by atoms with van der Waals surface area (Å²) < 4.78 is 7.47. The van der Waals surface area contributed by atoms with Crippen LogP contribution in [-0.2, 0) is 7.05 Å². The molecule has 2 saturated carbocycles. The minimum atomic E-state index is 0.0646. The summed E-state index contributed by atoms with van der Waals surface area (Å²) in [6.07, 6.45) is 16.0. The van der Waals surface area contributed by atoms with Gasteiger partial charge in [-0.25, -0.2) is 0 Å². The fraction of sp³-hybridized carbons (Fsp3) is 0.619. The summed E-state index contributed by atoms with van der Waals surface area (Å²) >= 11 is 0. The van der Waals surface area contributed by atoms with Crippen LogP contribution < -0.4 is 0 Å². The SMILES string of the molecule is Cn1ccc(-c2cc(C(=O)N(C3CCCCC3)C3CCCCC3)no2)c1. The molecule has 2 aromatic rings. The first-order chi connectivity index (χ1) is 12.7. The van der Waals surface area contributed by atoms with Gasteiger partial charge in [-0.15, -0.1) is 0 Å². The van der Waals surface area contributed by atoms with Crippen LogP contribution in [0.3, 0.4) is 0 Å². The van der Waals surface area contributed by atoms with E-state index in [-0.39, 0.29) is 5.91 Å². The molecular formula is C21H29N3O2. The van der Waals surface area contributed by atoms with E-state index in [4.69, 9.17) is 4.52 Å². The van der Waals surface area contributed by atoms with Crippen molar-refractivity contribution >= 4 is 5.91 Å². The molecule has 0 aliphatic heterocycles. The zero-order chi connectivity index (χ0) is 17.9. The molecule has 2 fully saturated rings. The molecule has 0 N–H and O–H groups in total. The highest BCUT2D eigenvalue weighted by Crippen LogP contribution is 2.32. The van der Waals surface area contributed by atoms with E-state index < -0.39 is 0 Å². The molecule has 5 nitrogen and oxygen atoms in total. The largest absolute Gasteiger partial charge is 0.357 e. The Morgan fingerprint density at radius 3 is 2.23 bits per heavy atom. The maximum absolute atomic E-state index is 13.4. The van der Waals surface area contributed by atoms with Gasteiger partial charge in [0.15, 0.2) is 11.5 Å². The number of carbonyl (C=O) groups is 1. The molecule has 26 heavy (non-hydrogen) atoms. The van der Waals surface area contributed by atoms with E-state index in [2.05, 4.69) is 10.1 Å². The van der Waals surface area contributed by atoms with Gasteiger partial charge in [0, 0.05) is 43.2 Å². The summed E-state index contributed by atoms with van der Waals surface area (Å²) in [5, 5.41) is 4.14. The Labute approximate surface area is 155 Å². The summed E-state index contributed by atoms with van der Waals surface area (Å²) in [5.74, 6) is 0.732. The van der Waals surface area contributed by atoms with Gasteiger partial charge in [-0.1, -0.05) is 43.7 Å². The Morgan fingerprint density at radius 2 is 1.69 bits per heavy atom. The third-order valence-electron chi connectivity index (χ3n) is 6.02. The normalized spacial score (nSPS) is 19.6. The number of carbonyl (C=O) groups excluding carboxylic acids is 1. The highest BCUT2D eigenvalue weighted by Gasteiger charge is 2.34. The summed E-state index contributed by atoms with van der Waals surface area (Å²) in [6, 6.07) is 4.54. The van der Waals surface area contributed by atoms with Crippen LogP contribution in [-0.4, -0.2) is 32.6 Å². The molecule has 2 heterocycles. The predicted molar refractivity (Wildman–Crippen MR) is 101 cm³/mol. The van der Waals surface area contributed by atoms with E-state index in [1.807, 2.05) is 36.1 Å². The monoisotopic (exact) mass is 355 g/mol. The molecule has 0 radical (unpaired) electrons. The van der Waals surface area contributed by atoms with Crippen molar-refractivity contribution in [2.75, 3.05) is 0 Å². The van der Waals surface area contributed by atoms with Crippen molar-refractivity contribution < 1.29 is 9.32 Å². The Balaban J connectivity index is 1.58. The lowest BCUT2D eigenvalue weighted by Gasteiger charge is -2.41. The Hall–Kier alpha value is -2.04. The molecule has 2 aromatic heterocycles. The van der Waals surface area contributed by atoms with Gasteiger partial charge in [-0.05, 0) is 31.7 Å². The third-order valence-corrected chi connectivity index (χ3v) is 6.02. The zero-order valence-electron chi connectivity index (χ0n) is 15.7. The van der Waals surface area contributed by atoms with Gasteiger partial charge in [0.2, 0.25) is 0 Å². The van der Waals surface area contributed by atoms with Crippen molar-refractivity contribution in [1.29, 1.82) is 0 Å². The van der Waals surface area contributed by atoms with Gasteiger partial charge < -0.3 is 14.0 Å². The first kappa shape index (κ1) is 17.4. The van der Waals surface area contributed by atoms with Crippen molar-refractivity contribution in [1.82, 2.24) is 14.6 Å². The number of amides is 1. The van der Waals surface area contributed by atoms with Gasteiger partial charge in [0.1, 0.15) is 0 Å². The zero-order valence-corrected chi connectivity index (χ0v) is 15.7. The van der Waals surface area contributed by atoms with Crippen molar-refractivity contribution in [3.8, 4) is 11.3 Å². The molecule has 0 unspecified atom stereocenters. The quantitative estimate of drug-likeness (QED) is 0.792. The van der Waals surface area contributed by atoms with Crippen molar-refractivity contribution in [3.05, 3.63) is 30.2 Å². The molecule has 1 amide bonds. The van der Waals surface area contributed by atoms with Crippen molar-refractivity contribution in [3.63, 3.8) is 0 Å². The summed E-state index contributed by atoms with van der Waals surface area (Å²) in [6.45, 7) is 0. The number of rotatable bonds is 4. The minimum Gasteiger partial charge on any atom is -0.357 e. The lowest BCUT2D eigenvalue weighted by atomic mass is 9.88. The van der Waals surface area contributed by atoms with Gasteiger partial charge in [-0.2, -0.15) is 0 Å². The van der Waals surface area contributed by atoms with Crippen molar-refractivity contribution in [2.24, 2.45) is 7.05 Å². The van der Waals surface area contributed by atoms with E-state index in [9.17, 15) is 4.79 Å². The highest BCUT2D eigenvalue weighted by molar-refractivity contribution is 5.93. The van der Waals surface area contributed by atoms with E-state index in [0.717, 1.165) is 31.2 Å². The molecule has 0 atom stereocenters. The average molecular weight is 355 g/mol. The molecule has 0 spiro atoms. The molecular weight excluding hydrogens is 326 g/mol.